The van der Waals surface area contributed by atoms with E-state index >= 15 is 0 Å². The molecule has 0 bridgehead atoms. The van der Waals surface area contributed by atoms with Crippen molar-refractivity contribution < 1.29 is 19.2 Å². The van der Waals surface area contributed by atoms with Crippen molar-refractivity contribution in [2.75, 3.05) is 38.8 Å². The van der Waals surface area contributed by atoms with Crippen LogP contribution < -0.4 is 10.6 Å². The Balaban J connectivity index is 1.66. The highest BCUT2D eigenvalue weighted by Gasteiger charge is 2.09. The summed E-state index contributed by atoms with van der Waals surface area (Å²) < 4.78 is 0. The zero-order valence-electron chi connectivity index (χ0n) is 20.4. The van der Waals surface area contributed by atoms with Crippen LogP contribution in [-0.4, -0.2) is 61.6 Å². The van der Waals surface area contributed by atoms with Crippen molar-refractivity contribution in [3.63, 3.8) is 0 Å². The van der Waals surface area contributed by atoms with E-state index in [1.807, 2.05) is 24.3 Å². The first-order valence-electron chi connectivity index (χ1n) is 11.3. The number of benzene rings is 2. The highest BCUT2D eigenvalue weighted by Crippen LogP contribution is 2.14. The van der Waals surface area contributed by atoms with Gasteiger partial charge in [0.25, 0.3) is 0 Å². The van der Waals surface area contributed by atoms with E-state index in [9.17, 15) is 19.2 Å². The van der Waals surface area contributed by atoms with Crippen LogP contribution in [0.3, 0.4) is 0 Å². The lowest BCUT2D eigenvalue weighted by atomic mass is 10.1. The van der Waals surface area contributed by atoms with Crippen LogP contribution in [0.15, 0.2) is 48.5 Å². The molecule has 34 heavy (non-hydrogen) atoms. The number of hydrogen-bond donors (Lipinski definition) is 2. The Morgan fingerprint density at radius 2 is 0.912 bits per heavy atom. The van der Waals surface area contributed by atoms with E-state index in [1.165, 1.54) is 0 Å². The Hall–Kier alpha value is -3.68. The molecule has 0 aromatic heterocycles. The monoisotopic (exact) mass is 466 g/mol. The molecule has 0 aliphatic carbocycles. The van der Waals surface area contributed by atoms with E-state index in [0.29, 0.717) is 49.9 Å². The van der Waals surface area contributed by atoms with Crippen molar-refractivity contribution in [3.8, 4) is 0 Å². The molecule has 8 nitrogen and oxygen atoms in total. The second-order valence-electron chi connectivity index (χ2n) is 8.63. The second-order valence-corrected chi connectivity index (χ2v) is 8.63. The first kappa shape index (κ1) is 26.6. The molecule has 2 N–H and O–H groups in total. The first-order valence-corrected chi connectivity index (χ1v) is 11.3. The number of anilines is 2. The van der Waals surface area contributed by atoms with Gasteiger partial charge in [0.05, 0.1) is 12.8 Å². The van der Waals surface area contributed by atoms with Crippen LogP contribution in [0, 0.1) is 0 Å². The highest BCUT2D eigenvalue weighted by atomic mass is 16.2. The van der Waals surface area contributed by atoms with Gasteiger partial charge in [0.15, 0.2) is 0 Å². The summed E-state index contributed by atoms with van der Waals surface area (Å²) in [7, 11) is 6.87. The van der Waals surface area contributed by atoms with Gasteiger partial charge in [-0.05, 0) is 48.2 Å². The molecule has 0 heterocycles. The van der Waals surface area contributed by atoms with Gasteiger partial charge >= 0.3 is 0 Å². The molecule has 182 valence electrons. The van der Waals surface area contributed by atoms with Crippen molar-refractivity contribution >= 4 is 35.0 Å². The van der Waals surface area contributed by atoms with Gasteiger partial charge in [-0.15, -0.1) is 0 Å². The fourth-order valence-electron chi connectivity index (χ4n) is 3.10. The van der Waals surface area contributed by atoms with E-state index < -0.39 is 0 Å². The predicted octanol–water partition coefficient (Wildman–Crippen LogP) is 3.09. The fourth-order valence-corrected chi connectivity index (χ4v) is 3.10. The molecule has 0 aliphatic rings. The number of nitrogens with one attached hydrogen (secondary N) is 2. The van der Waals surface area contributed by atoms with E-state index in [1.54, 1.807) is 62.3 Å². The molecule has 2 aromatic carbocycles. The third-order valence-electron chi connectivity index (χ3n) is 5.24. The average Bonchev–Trinajstić information content (AvgIpc) is 2.79. The van der Waals surface area contributed by atoms with Crippen molar-refractivity contribution in [1.82, 2.24) is 9.80 Å². The SMILES string of the molecule is CN(C)C(=O)Cc1ccc(NC(=O)CCCCC(=O)Nc2ccc(CC(=O)N(C)C)cc2)cc1. The molecule has 0 saturated heterocycles. The molecule has 0 atom stereocenters. The van der Waals surface area contributed by atoms with Crippen molar-refractivity contribution in [1.29, 1.82) is 0 Å². The molecule has 4 amide bonds. The van der Waals surface area contributed by atoms with Crippen molar-refractivity contribution in [2.24, 2.45) is 0 Å². The normalized spacial score (nSPS) is 10.4. The Bertz CT molecular complexity index is 901. The quantitative estimate of drug-likeness (QED) is 0.497. The second kappa shape index (κ2) is 13.1. The molecule has 0 aliphatic heterocycles. The molecule has 0 unspecified atom stereocenters. The van der Waals surface area contributed by atoms with Gasteiger partial charge in [-0.3, -0.25) is 19.2 Å². The van der Waals surface area contributed by atoms with Crippen LogP contribution in [0.4, 0.5) is 11.4 Å². The number of nitrogens with zero attached hydrogens (tertiary/aromatic N) is 2. The third kappa shape index (κ3) is 9.44. The summed E-state index contributed by atoms with van der Waals surface area (Å²) in [5, 5.41) is 5.67. The molecule has 0 saturated carbocycles. The van der Waals surface area contributed by atoms with Gasteiger partial charge in [-0.2, -0.15) is 0 Å². The zero-order valence-corrected chi connectivity index (χ0v) is 20.4. The molecule has 2 rings (SSSR count). The van der Waals surface area contributed by atoms with E-state index in [2.05, 4.69) is 10.6 Å². The summed E-state index contributed by atoms with van der Waals surface area (Å²) in [5.41, 5.74) is 3.14. The van der Waals surface area contributed by atoms with Gasteiger partial charge in [0, 0.05) is 52.4 Å². The zero-order chi connectivity index (χ0) is 25.1. The Kier molecular flexibility index (Phi) is 10.3. The minimum Gasteiger partial charge on any atom is -0.349 e. The summed E-state index contributed by atoms with van der Waals surface area (Å²) in [6.45, 7) is 0. The summed E-state index contributed by atoms with van der Waals surface area (Å²) in [5.74, 6) is -0.176. The Labute approximate surface area is 201 Å². The van der Waals surface area contributed by atoms with E-state index in [-0.39, 0.29) is 23.6 Å². The molecule has 0 radical (unpaired) electrons. The minimum absolute atomic E-state index is 0.0225. The van der Waals surface area contributed by atoms with E-state index in [0.717, 1.165) is 11.1 Å². The Morgan fingerprint density at radius 1 is 0.588 bits per heavy atom. The number of likely N-dealkylation sites (N-methyl/N-ethyl adjacent to an activating group) is 2. The van der Waals surface area contributed by atoms with Crippen molar-refractivity contribution in [2.45, 2.75) is 38.5 Å². The highest BCUT2D eigenvalue weighted by molar-refractivity contribution is 5.92. The lowest BCUT2D eigenvalue weighted by Crippen LogP contribution is -2.23. The predicted molar refractivity (Wildman–Crippen MR) is 133 cm³/mol. The molecule has 8 heteroatoms. The Morgan fingerprint density at radius 3 is 1.21 bits per heavy atom. The molecular weight excluding hydrogens is 432 g/mol. The third-order valence-corrected chi connectivity index (χ3v) is 5.24. The maximum atomic E-state index is 12.2. The standard InChI is InChI=1S/C26H34N4O4/c1-29(2)25(33)17-19-9-13-21(14-10-19)27-23(31)7-5-6-8-24(32)28-22-15-11-20(12-16-22)18-26(34)30(3)4/h9-16H,5-8,17-18H2,1-4H3,(H,27,31)(H,28,32). The number of rotatable bonds is 11. The fraction of sp³-hybridized carbons (Fsp3) is 0.385. The van der Waals surface area contributed by atoms with Gasteiger partial charge in [0.2, 0.25) is 23.6 Å². The van der Waals surface area contributed by atoms with Gasteiger partial charge in [-0.1, -0.05) is 24.3 Å². The van der Waals surface area contributed by atoms with Gasteiger partial charge in [0.1, 0.15) is 0 Å². The topological polar surface area (TPSA) is 98.8 Å². The van der Waals surface area contributed by atoms with Crippen LogP contribution >= 0.6 is 0 Å². The van der Waals surface area contributed by atoms with Gasteiger partial charge < -0.3 is 20.4 Å². The minimum atomic E-state index is -0.111. The van der Waals surface area contributed by atoms with Crippen LogP contribution in [-0.2, 0) is 32.0 Å². The number of unbranched alkanes of at least 4 members (excludes halogenated alkanes) is 1. The van der Waals surface area contributed by atoms with Crippen LogP contribution in [0.25, 0.3) is 0 Å². The maximum absolute atomic E-state index is 12.2. The van der Waals surface area contributed by atoms with Crippen LogP contribution in [0.1, 0.15) is 36.8 Å². The summed E-state index contributed by atoms with van der Waals surface area (Å²) >= 11 is 0. The van der Waals surface area contributed by atoms with Crippen molar-refractivity contribution in [3.05, 3.63) is 59.7 Å². The molecule has 0 fully saturated rings. The molecule has 0 spiro atoms. The summed E-state index contributed by atoms with van der Waals surface area (Å²) in [4.78, 5) is 50.9. The number of amides is 4. The van der Waals surface area contributed by atoms with Gasteiger partial charge in [-0.25, -0.2) is 0 Å². The number of carbonyl (C=O) groups is 4. The maximum Gasteiger partial charge on any atom is 0.226 e. The lowest BCUT2D eigenvalue weighted by molar-refractivity contribution is -0.128. The first-order chi connectivity index (χ1) is 16.1. The summed E-state index contributed by atoms with van der Waals surface area (Å²) in [6, 6.07) is 14.4. The smallest absolute Gasteiger partial charge is 0.226 e. The molecular formula is C26H34N4O4. The number of hydrogen-bond acceptors (Lipinski definition) is 4. The van der Waals surface area contributed by atoms with Crippen LogP contribution in [0.5, 0.6) is 0 Å². The lowest BCUT2D eigenvalue weighted by Gasteiger charge is -2.11. The average molecular weight is 467 g/mol. The largest absolute Gasteiger partial charge is 0.349 e. The number of carbonyl (C=O) groups excluding carboxylic acids is 4. The summed E-state index contributed by atoms with van der Waals surface area (Å²) in [6.07, 6.45) is 2.49. The molecule has 2 aromatic rings. The van der Waals surface area contributed by atoms with Crippen LogP contribution in [0.2, 0.25) is 0 Å². The van der Waals surface area contributed by atoms with E-state index in [4.69, 9.17) is 0 Å².